The quantitative estimate of drug-likeness (QED) is 0.194. The van der Waals surface area contributed by atoms with Gasteiger partial charge in [-0.05, 0) is 47.6 Å². The summed E-state index contributed by atoms with van der Waals surface area (Å²) in [7, 11) is 0. The molecular formula is C27H34O3. The monoisotopic (exact) mass is 406 g/mol. The van der Waals surface area contributed by atoms with Gasteiger partial charge >= 0.3 is 0 Å². The number of ether oxygens (including phenoxy) is 3. The fourth-order valence-corrected chi connectivity index (χ4v) is 2.77. The van der Waals surface area contributed by atoms with Crippen LogP contribution in [0.4, 0.5) is 0 Å². The molecule has 3 nitrogen and oxygen atoms in total. The van der Waals surface area contributed by atoms with Crippen molar-refractivity contribution in [3.05, 3.63) is 122 Å². The Kier molecular flexibility index (Phi) is 13.8. The summed E-state index contributed by atoms with van der Waals surface area (Å²) in [6.45, 7) is 16.0. The molecule has 0 aromatic heterocycles. The molecule has 0 heterocycles. The molecule has 160 valence electrons. The normalized spacial score (nSPS) is 9.47. The van der Waals surface area contributed by atoms with Gasteiger partial charge < -0.3 is 14.2 Å². The number of unbranched alkanes of at least 4 members (excludes halogenated alkanes) is 1. The van der Waals surface area contributed by atoms with Gasteiger partial charge in [0.1, 0.15) is 13.2 Å². The Labute approximate surface area is 182 Å². The van der Waals surface area contributed by atoms with E-state index < -0.39 is 0 Å². The van der Waals surface area contributed by atoms with Gasteiger partial charge in [-0.15, -0.1) is 6.58 Å². The topological polar surface area (TPSA) is 27.7 Å². The molecule has 0 aliphatic heterocycles. The van der Waals surface area contributed by atoms with Gasteiger partial charge in [-0.3, -0.25) is 0 Å². The number of hydrogen-bond donors (Lipinski definition) is 0. The van der Waals surface area contributed by atoms with Gasteiger partial charge in [0.2, 0.25) is 0 Å². The lowest BCUT2D eigenvalue weighted by Crippen LogP contribution is -1.95. The molecule has 0 bridgehead atoms. The van der Waals surface area contributed by atoms with Gasteiger partial charge in [0.25, 0.3) is 0 Å². The van der Waals surface area contributed by atoms with E-state index in [2.05, 4.69) is 50.6 Å². The van der Waals surface area contributed by atoms with Gasteiger partial charge in [0, 0.05) is 6.42 Å². The smallest absolute Gasteiger partial charge is 0.112 e. The van der Waals surface area contributed by atoms with Crippen LogP contribution >= 0.6 is 0 Å². The second kappa shape index (κ2) is 16.7. The first-order chi connectivity index (χ1) is 14.7. The molecule has 0 N–H and O–H groups in total. The van der Waals surface area contributed by atoms with Gasteiger partial charge in [0.05, 0.1) is 25.4 Å². The Morgan fingerprint density at radius 1 is 0.633 bits per heavy atom. The van der Waals surface area contributed by atoms with Crippen molar-refractivity contribution in [2.24, 2.45) is 0 Å². The summed E-state index contributed by atoms with van der Waals surface area (Å²) in [4.78, 5) is 0. The van der Waals surface area contributed by atoms with E-state index in [1.165, 1.54) is 36.3 Å². The van der Waals surface area contributed by atoms with Crippen LogP contribution in [0.15, 0.2) is 99.7 Å². The highest BCUT2D eigenvalue weighted by Crippen LogP contribution is 2.10. The van der Waals surface area contributed by atoms with Crippen molar-refractivity contribution in [3.63, 3.8) is 0 Å². The van der Waals surface area contributed by atoms with Crippen LogP contribution < -0.4 is 0 Å². The average Bonchev–Trinajstić information content (AvgIpc) is 2.78. The number of rotatable bonds is 14. The minimum atomic E-state index is 0.547. The van der Waals surface area contributed by atoms with E-state index in [9.17, 15) is 0 Å². The molecule has 0 fully saturated rings. The van der Waals surface area contributed by atoms with Crippen molar-refractivity contribution < 1.29 is 14.2 Å². The lowest BCUT2D eigenvalue weighted by molar-refractivity contribution is 0.232. The lowest BCUT2D eigenvalue weighted by Gasteiger charge is -2.05. The third kappa shape index (κ3) is 11.6. The Hall–Kier alpha value is -3.20. The molecule has 0 radical (unpaired) electrons. The zero-order valence-corrected chi connectivity index (χ0v) is 17.9. The van der Waals surface area contributed by atoms with Crippen LogP contribution in [0.5, 0.6) is 0 Å². The molecule has 0 saturated heterocycles. The van der Waals surface area contributed by atoms with E-state index in [1.54, 1.807) is 0 Å². The van der Waals surface area contributed by atoms with Crippen molar-refractivity contribution in [2.45, 2.75) is 38.9 Å². The minimum Gasteiger partial charge on any atom is -0.501 e. The average molecular weight is 407 g/mol. The Bertz CT molecular complexity index is 708. The van der Waals surface area contributed by atoms with Crippen molar-refractivity contribution >= 4 is 0 Å². The molecule has 2 aromatic carbocycles. The number of hydrogen-bond acceptors (Lipinski definition) is 3. The third-order valence-electron chi connectivity index (χ3n) is 4.22. The largest absolute Gasteiger partial charge is 0.501 e. The van der Waals surface area contributed by atoms with E-state index in [-0.39, 0.29) is 0 Å². The number of benzene rings is 2. The first-order valence-electron chi connectivity index (χ1n) is 10.2. The molecule has 2 aromatic rings. The summed E-state index contributed by atoms with van der Waals surface area (Å²) >= 11 is 0. The Balaban J connectivity index is 0.000000303. The van der Waals surface area contributed by atoms with Crippen LogP contribution in [-0.2, 0) is 40.3 Å². The molecule has 0 spiro atoms. The summed E-state index contributed by atoms with van der Waals surface area (Å²) in [6.07, 6.45) is 10.7. The van der Waals surface area contributed by atoms with E-state index in [0.717, 1.165) is 30.4 Å². The molecular weight excluding hydrogens is 372 g/mol. The zero-order valence-electron chi connectivity index (χ0n) is 17.9. The molecule has 3 heteroatoms. The molecule has 0 unspecified atom stereocenters. The number of aryl methyl sites for hydroxylation is 1. The van der Waals surface area contributed by atoms with E-state index in [4.69, 9.17) is 14.2 Å². The fraction of sp³-hybridized carbons (Fsp3) is 0.259. The fourth-order valence-electron chi connectivity index (χ4n) is 2.77. The molecule has 0 aliphatic rings. The van der Waals surface area contributed by atoms with E-state index in [1.807, 2.05) is 30.3 Å². The van der Waals surface area contributed by atoms with Crippen molar-refractivity contribution in [3.8, 4) is 0 Å². The molecule has 2 rings (SSSR count). The van der Waals surface area contributed by atoms with Crippen LogP contribution in [0.2, 0.25) is 0 Å². The maximum Gasteiger partial charge on any atom is 0.112 e. The Morgan fingerprint density at radius 2 is 1.13 bits per heavy atom. The van der Waals surface area contributed by atoms with Gasteiger partial charge in [-0.1, -0.05) is 68.3 Å². The minimum absolute atomic E-state index is 0.547. The summed E-state index contributed by atoms with van der Waals surface area (Å²) in [5.74, 6) is 0. The number of allylic oxidation sites excluding steroid dienone is 1. The van der Waals surface area contributed by atoms with Gasteiger partial charge in [-0.2, -0.15) is 0 Å². The molecule has 0 atom stereocenters. The van der Waals surface area contributed by atoms with Gasteiger partial charge in [-0.25, -0.2) is 0 Å². The lowest BCUT2D eigenvalue weighted by atomic mass is 10.0. The summed E-state index contributed by atoms with van der Waals surface area (Å²) in [5, 5.41) is 0. The zero-order chi connectivity index (χ0) is 21.9. The highest BCUT2D eigenvalue weighted by atomic mass is 16.5. The third-order valence-corrected chi connectivity index (χ3v) is 4.22. The molecule has 0 amide bonds. The summed E-state index contributed by atoms with van der Waals surface area (Å²) in [6, 6.07) is 16.7. The predicted molar refractivity (Wildman–Crippen MR) is 126 cm³/mol. The first-order valence-corrected chi connectivity index (χ1v) is 10.2. The maximum absolute atomic E-state index is 5.13. The highest BCUT2D eigenvalue weighted by Gasteiger charge is 1.97. The van der Waals surface area contributed by atoms with Crippen LogP contribution in [0.1, 0.15) is 35.1 Å². The first kappa shape index (κ1) is 24.8. The summed E-state index contributed by atoms with van der Waals surface area (Å²) < 4.78 is 15.3. The second-order valence-electron chi connectivity index (χ2n) is 6.56. The van der Waals surface area contributed by atoms with Crippen LogP contribution in [-0.4, -0.2) is 6.61 Å². The molecule has 0 aliphatic carbocycles. The Morgan fingerprint density at radius 3 is 1.67 bits per heavy atom. The standard InChI is InChI=1S/C15H20O.C12H14O2/c1-3-5-6-8-14-9-7-10-15(13-14)11-12-16-4-2;1-3-13-9-11-6-5-7-12(8-11)10-14-4-2/h3-4,7,9-10,13H,1-2,5-6,8,11-12H2;3-8H,1-2,9-10H2. The van der Waals surface area contributed by atoms with Crippen LogP contribution in [0.3, 0.4) is 0 Å². The van der Waals surface area contributed by atoms with E-state index in [0.29, 0.717) is 19.8 Å². The van der Waals surface area contributed by atoms with Crippen molar-refractivity contribution in [2.75, 3.05) is 6.61 Å². The van der Waals surface area contributed by atoms with E-state index >= 15 is 0 Å². The second-order valence-corrected chi connectivity index (χ2v) is 6.56. The summed E-state index contributed by atoms with van der Waals surface area (Å²) in [5.41, 5.74) is 4.95. The van der Waals surface area contributed by atoms with Gasteiger partial charge in [0.15, 0.2) is 0 Å². The van der Waals surface area contributed by atoms with Crippen LogP contribution in [0.25, 0.3) is 0 Å². The molecule has 0 saturated carbocycles. The van der Waals surface area contributed by atoms with Crippen molar-refractivity contribution in [1.82, 2.24) is 0 Å². The predicted octanol–water partition coefficient (Wildman–Crippen LogP) is 6.90. The highest BCUT2D eigenvalue weighted by molar-refractivity contribution is 5.24. The van der Waals surface area contributed by atoms with Crippen LogP contribution in [0, 0.1) is 0 Å². The SMILES string of the molecule is C=CCCCc1cccc(CCOC=C)c1.C=COCc1cccc(COC=C)c1. The van der Waals surface area contributed by atoms with Crippen molar-refractivity contribution in [1.29, 1.82) is 0 Å². The molecule has 30 heavy (non-hydrogen) atoms. The maximum atomic E-state index is 5.13.